The molecule has 1 unspecified atom stereocenters. The Labute approximate surface area is 167 Å². The molecule has 1 aliphatic rings. The number of rotatable bonds is 3. The lowest BCUT2D eigenvalue weighted by atomic mass is 9.98. The van der Waals surface area contributed by atoms with Gasteiger partial charge in [-0.1, -0.05) is 77.8 Å². The van der Waals surface area contributed by atoms with E-state index >= 15 is 0 Å². The lowest BCUT2D eigenvalue weighted by Crippen LogP contribution is -2.27. The molecule has 1 atom stereocenters. The van der Waals surface area contributed by atoms with Gasteiger partial charge in [0.1, 0.15) is 0 Å². The molecule has 0 saturated carbocycles. The molecule has 1 aliphatic heterocycles. The third kappa shape index (κ3) is 3.61. The molecule has 0 N–H and O–H groups in total. The molecule has 1 heterocycles. The molecule has 0 aromatic heterocycles. The number of nitrogens with zero attached hydrogens (tertiary/aromatic N) is 2. The number of hydrogen-bond acceptors (Lipinski definition) is 2. The number of carbonyl (C=O) groups is 1. The van der Waals surface area contributed by atoms with Crippen molar-refractivity contribution in [1.29, 1.82) is 0 Å². The lowest BCUT2D eigenvalue weighted by molar-refractivity contribution is 0.0711. The summed E-state index contributed by atoms with van der Waals surface area (Å²) in [5.74, 6) is -0.210. The van der Waals surface area contributed by atoms with E-state index in [4.69, 9.17) is 23.2 Å². The van der Waals surface area contributed by atoms with Crippen LogP contribution in [0.3, 0.4) is 0 Å². The minimum absolute atomic E-state index is 0.180. The SMILES string of the molecule is O=C(c1ccccc1Cl)N1N=C(c2ccc(Cl)cc2)CC1c1ccccc1. The molecule has 0 saturated heterocycles. The van der Waals surface area contributed by atoms with Crippen LogP contribution in [0.5, 0.6) is 0 Å². The van der Waals surface area contributed by atoms with E-state index in [2.05, 4.69) is 5.10 Å². The normalized spacial score (nSPS) is 16.3. The molecule has 0 radical (unpaired) electrons. The summed E-state index contributed by atoms with van der Waals surface area (Å²) in [6, 6.07) is 24.3. The molecule has 0 bridgehead atoms. The molecule has 5 heteroatoms. The Morgan fingerprint density at radius 3 is 2.26 bits per heavy atom. The average molecular weight is 395 g/mol. The Morgan fingerprint density at radius 2 is 1.56 bits per heavy atom. The van der Waals surface area contributed by atoms with Gasteiger partial charge in [-0.2, -0.15) is 5.10 Å². The van der Waals surface area contributed by atoms with Crippen LogP contribution in [0.15, 0.2) is 84.0 Å². The summed E-state index contributed by atoms with van der Waals surface area (Å²) in [6.07, 6.45) is 0.627. The fourth-order valence-corrected chi connectivity index (χ4v) is 3.55. The molecular weight excluding hydrogens is 379 g/mol. The summed E-state index contributed by atoms with van der Waals surface area (Å²) < 4.78 is 0. The quantitative estimate of drug-likeness (QED) is 0.537. The van der Waals surface area contributed by atoms with Gasteiger partial charge < -0.3 is 0 Å². The lowest BCUT2D eigenvalue weighted by Gasteiger charge is -2.22. The molecule has 3 aromatic rings. The number of halogens is 2. The van der Waals surface area contributed by atoms with E-state index in [9.17, 15) is 4.79 Å². The van der Waals surface area contributed by atoms with Crippen LogP contribution in [0.1, 0.15) is 33.9 Å². The highest BCUT2D eigenvalue weighted by molar-refractivity contribution is 6.33. The van der Waals surface area contributed by atoms with Crippen molar-refractivity contribution in [2.24, 2.45) is 5.10 Å². The summed E-state index contributed by atoms with van der Waals surface area (Å²) in [5, 5.41) is 7.29. The van der Waals surface area contributed by atoms with E-state index in [0.717, 1.165) is 16.8 Å². The van der Waals surface area contributed by atoms with E-state index in [1.807, 2.05) is 54.6 Å². The Morgan fingerprint density at radius 1 is 0.889 bits per heavy atom. The van der Waals surface area contributed by atoms with Crippen LogP contribution in [0.25, 0.3) is 0 Å². The Bertz CT molecular complexity index is 1000. The first-order chi connectivity index (χ1) is 13.1. The summed E-state index contributed by atoms with van der Waals surface area (Å²) in [7, 11) is 0. The van der Waals surface area contributed by atoms with Crippen molar-refractivity contribution in [2.45, 2.75) is 12.5 Å². The van der Waals surface area contributed by atoms with Gasteiger partial charge in [0, 0.05) is 11.4 Å². The first kappa shape index (κ1) is 17.8. The minimum Gasteiger partial charge on any atom is -0.267 e. The van der Waals surface area contributed by atoms with Crippen LogP contribution < -0.4 is 0 Å². The van der Waals surface area contributed by atoms with Gasteiger partial charge in [-0.25, -0.2) is 5.01 Å². The third-order valence-electron chi connectivity index (χ3n) is 4.58. The molecule has 0 aliphatic carbocycles. The minimum atomic E-state index is -0.210. The first-order valence-corrected chi connectivity index (χ1v) is 9.35. The maximum absolute atomic E-state index is 13.2. The van der Waals surface area contributed by atoms with Crippen molar-refractivity contribution >= 4 is 34.8 Å². The van der Waals surface area contributed by atoms with Crippen molar-refractivity contribution < 1.29 is 4.79 Å². The predicted molar refractivity (Wildman–Crippen MR) is 109 cm³/mol. The van der Waals surface area contributed by atoms with Gasteiger partial charge in [-0.15, -0.1) is 0 Å². The van der Waals surface area contributed by atoms with Crippen molar-refractivity contribution in [3.05, 3.63) is 106 Å². The fraction of sp³-hybridized carbons (Fsp3) is 0.0909. The average Bonchev–Trinajstić information content (AvgIpc) is 3.14. The van der Waals surface area contributed by atoms with Gasteiger partial charge in [-0.05, 0) is 35.4 Å². The number of hydrazone groups is 1. The van der Waals surface area contributed by atoms with Crippen LogP contribution in [0.4, 0.5) is 0 Å². The molecule has 27 heavy (non-hydrogen) atoms. The molecular formula is C22H16Cl2N2O. The number of benzene rings is 3. The van der Waals surface area contributed by atoms with E-state index < -0.39 is 0 Å². The van der Waals surface area contributed by atoms with Crippen LogP contribution in [0, 0.1) is 0 Å². The zero-order chi connectivity index (χ0) is 18.8. The van der Waals surface area contributed by atoms with Gasteiger partial charge in [-0.3, -0.25) is 4.79 Å². The molecule has 4 rings (SSSR count). The van der Waals surface area contributed by atoms with Crippen molar-refractivity contribution in [3.63, 3.8) is 0 Å². The Hall–Kier alpha value is -2.62. The summed E-state index contributed by atoms with van der Waals surface area (Å²) in [6.45, 7) is 0. The first-order valence-electron chi connectivity index (χ1n) is 8.60. The highest BCUT2D eigenvalue weighted by Gasteiger charge is 2.34. The summed E-state index contributed by atoms with van der Waals surface area (Å²) >= 11 is 12.3. The zero-order valence-electron chi connectivity index (χ0n) is 14.3. The second-order valence-electron chi connectivity index (χ2n) is 6.31. The van der Waals surface area contributed by atoms with Crippen LogP contribution >= 0.6 is 23.2 Å². The predicted octanol–water partition coefficient (Wildman–Crippen LogP) is 5.98. The maximum Gasteiger partial charge on any atom is 0.276 e. The molecule has 134 valence electrons. The van der Waals surface area contributed by atoms with Crippen LogP contribution in [0.2, 0.25) is 10.0 Å². The van der Waals surface area contributed by atoms with Crippen molar-refractivity contribution in [1.82, 2.24) is 5.01 Å². The van der Waals surface area contributed by atoms with Crippen molar-refractivity contribution in [3.8, 4) is 0 Å². The van der Waals surface area contributed by atoms with E-state index in [0.29, 0.717) is 22.0 Å². The largest absolute Gasteiger partial charge is 0.276 e. The summed E-state index contributed by atoms with van der Waals surface area (Å²) in [5.41, 5.74) is 3.28. The van der Waals surface area contributed by atoms with Gasteiger partial charge in [0.05, 0.1) is 22.3 Å². The second kappa shape index (κ2) is 7.55. The monoisotopic (exact) mass is 394 g/mol. The van der Waals surface area contributed by atoms with Crippen LogP contribution in [-0.4, -0.2) is 16.6 Å². The Kier molecular flexibility index (Phi) is 4.97. The smallest absolute Gasteiger partial charge is 0.267 e. The van der Waals surface area contributed by atoms with E-state index in [-0.39, 0.29) is 11.9 Å². The van der Waals surface area contributed by atoms with Gasteiger partial charge in [0.2, 0.25) is 0 Å². The van der Waals surface area contributed by atoms with E-state index in [1.54, 1.807) is 29.3 Å². The topological polar surface area (TPSA) is 32.7 Å². The van der Waals surface area contributed by atoms with Gasteiger partial charge in [0.25, 0.3) is 5.91 Å². The standard InChI is InChI=1S/C22H16Cl2N2O/c23-17-12-10-15(11-13-17)20-14-21(16-6-2-1-3-7-16)26(25-20)22(27)18-8-4-5-9-19(18)24/h1-13,21H,14H2. The fourth-order valence-electron chi connectivity index (χ4n) is 3.21. The number of hydrogen-bond donors (Lipinski definition) is 0. The Balaban J connectivity index is 1.75. The second-order valence-corrected chi connectivity index (χ2v) is 7.16. The highest BCUT2D eigenvalue weighted by atomic mass is 35.5. The van der Waals surface area contributed by atoms with Gasteiger partial charge in [0.15, 0.2) is 0 Å². The molecule has 1 amide bonds. The highest BCUT2D eigenvalue weighted by Crippen LogP contribution is 2.35. The molecule has 3 aromatic carbocycles. The number of amides is 1. The molecule has 0 spiro atoms. The molecule has 3 nitrogen and oxygen atoms in total. The number of carbonyl (C=O) groups excluding carboxylic acids is 1. The van der Waals surface area contributed by atoms with Gasteiger partial charge >= 0.3 is 0 Å². The van der Waals surface area contributed by atoms with Crippen LogP contribution in [-0.2, 0) is 0 Å². The summed E-state index contributed by atoms with van der Waals surface area (Å²) in [4.78, 5) is 13.2. The van der Waals surface area contributed by atoms with E-state index in [1.165, 1.54) is 0 Å². The zero-order valence-corrected chi connectivity index (χ0v) is 15.9. The molecule has 0 fully saturated rings. The van der Waals surface area contributed by atoms with Crippen molar-refractivity contribution in [2.75, 3.05) is 0 Å². The maximum atomic E-state index is 13.2. The third-order valence-corrected chi connectivity index (χ3v) is 5.17.